The van der Waals surface area contributed by atoms with Gasteiger partial charge in [0.05, 0.1) is 6.61 Å². The first-order valence-corrected chi connectivity index (χ1v) is 7.89. The molecule has 0 saturated heterocycles. The van der Waals surface area contributed by atoms with Gasteiger partial charge >= 0.3 is 0 Å². The van der Waals surface area contributed by atoms with Gasteiger partial charge in [-0.25, -0.2) is 5.43 Å². The van der Waals surface area contributed by atoms with E-state index in [1.807, 2.05) is 20.8 Å². The highest BCUT2D eigenvalue weighted by molar-refractivity contribution is 5.93. The summed E-state index contributed by atoms with van der Waals surface area (Å²) in [7, 11) is 0. The summed E-state index contributed by atoms with van der Waals surface area (Å²) in [5.74, 6) is 0.283. The molecule has 0 heterocycles. The molecular weight excluding hydrogens is 294 g/mol. The number of rotatable bonds is 9. The Morgan fingerprint density at radius 2 is 1.70 bits per heavy atom. The fourth-order valence-electron chi connectivity index (χ4n) is 1.88. The van der Waals surface area contributed by atoms with Gasteiger partial charge in [0.15, 0.2) is 0 Å². The molecule has 2 N–H and O–H groups in total. The molecule has 0 bridgehead atoms. The zero-order valence-corrected chi connectivity index (χ0v) is 14.0. The van der Waals surface area contributed by atoms with E-state index >= 15 is 0 Å². The van der Waals surface area contributed by atoms with Gasteiger partial charge in [-0.2, -0.15) is 5.10 Å². The quantitative estimate of drug-likeness (QED) is 0.542. The average Bonchev–Trinajstić information content (AvgIpc) is 2.53. The van der Waals surface area contributed by atoms with Gasteiger partial charge in [0.25, 0.3) is 0 Å². The Morgan fingerprint density at radius 3 is 2.30 bits per heavy atom. The molecule has 0 spiro atoms. The van der Waals surface area contributed by atoms with Crippen LogP contribution in [0.5, 0.6) is 5.75 Å². The fraction of sp³-hybridized carbons (Fsp3) is 0.471. The Kier molecular flexibility index (Phi) is 8.42. The zero-order chi connectivity index (χ0) is 17.1. The van der Waals surface area contributed by atoms with E-state index in [0.29, 0.717) is 12.3 Å². The molecule has 0 atom stereocenters. The van der Waals surface area contributed by atoms with Crippen molar-refractivity contribution in [3.8, 4) is 5.75 Å². The zero-order valence-electron chi connectivity index (χ0n) is 14.0. The third kappa shape index (κ3) is 7.99. The predicted octanol–water partition coefficient (Wildman–Crippen LogP) is 3.10. The summed E-state index contributed by atoms with van der Waals surface area (Å²) in [4.78, 5) is 23.4. The van der Waals surface area contributed by atoms with Crippen molar-refractivity contribution in [2.45, 2.75) is 46.5 Å². The number of hydrogen-bond acceptors (Lipinski definition) is 4. The minimum absolute atomic E-state index is 0.103. The minimum atomic E-state index is -0.262. The summed E-state index contributed by atoms with van der Waals surface area (Å²) < 4.78 is 5.33. The summed E-state index contributed by atoms with van der Waals surface area (Å²) >= 11 is 0. The number of ether oxygens (including phenoxy) is 1. The number of hydrogen-bond donors (Lipinski definition) is 2. The molecule has 0 fully saturated rings. The van der Waals surface area contributed by atoms with Crippen LogP contribution in [-0.2, 0) is 9.59 Å². The summed E-state index contributed by atoms with van der Waals surface area (Å²) in [5, 5.41) is 6.72. The van der Waals surface area contributed by atoms with Crippen LogP contribution in [0.4, 0.5) is 5.69 Å². The fourth-order valence-corrected chi connectivity index (χ4v) is 1.88. The molecule has 1 aromatic rings. The van der Waals surface area contributed by atoms with Crippen LogP contribution < -0.4 is 15.5 Å². The molecule has 2 amide bonds. The maximum absolute atomic E-state index is 11.8. The molecule has 6 heteroatoms. The van der Waals surface area contributed by atoms with E-state index in [1.165, 1.54) is 0 Å². The Hall–Kier alpha value is -2.37. The number of nitrogens with one attached hydrogen (secondary N) is 2. The lowest BCUT2D eigenvalue weighted by Gasteiger charge is -2.07. The maximum atomic E-state index is 11.8. The molecule has 6 nitrogen and oxygen atoms in total. The highest BCUT2D eigenvalue weighted by atomic mass is 16.5. The summed E-state index contributed by atoms with van der Waals surface area (Å²) in [5.41, 5.74) is 4.01. The smallest absolute Gasteiger partial charge is 0.240 e. The monoisotopic (exact) mass is 319 g/mol. The first-order chi connectivity index (χ1) is 11.0. The van der Waals surface area contributed by atoms with Gasteiger partial charge in [-0.05, 0) is 44.5 Å². The van der Waals surface area contributed by atoms with Crippen LogP contribution in [0, 0.1) is 0 Å². The normalized spacial score (nSPS) is 11.0. The molecule has 0 aliphatic heterocycles. The van der Waals surface area contributed by atoms with Crippen LogP contribution in [-0.4, -0.2) is 24.1 Å². The molecule has 0 saturated carbocycles. The van der Waals surface area contributed by atoms with Crippen LogP contribution in [0.3, 0.4) is 0 Å². The first kappa shape index (κ1) is 18.7. The summed E-state index contributed by atoms with van der Waals surface area (Å²) in [6, 6.07) is 7.11. The van der Waals surface area contributed by atoms with Crippen molar-refractivity contribution in [2.75, 3.05) is 11.9 Å². The SMILES string of the molecule is CCC/C(C)=N/NC(=O)CCC(=O)Nc1ccc(OCC)cc1. The third-order valence-corrected chi connectivity index (χ3v) is 3.01. The van der Waals surface area contributed by atoms with Crippen molar-refractivity contribution in [2.24, 2.45) is 5.10 Å². The molecule has 0 aliphatic rings. The molecule has 0 aromatic heterocycles. The summed E-state index contributed by atoms with van der Waals surface area (Å²) in [6.07, 6.45) is 2.04. The second-order valence-electron chi connectivity index (χ2n) is 5.14. The van der Waals surface area contributed by atoms with E-state index in [0.717, 1.165) is 24.3 Å². The largest absolute Gasteiger partial charge is 0.494 e. The number of carbonyl (C=O) groups excluding carboxylic acids is 2. The van der Waals surface area contributed by atoms with Crippen molar-refractivity contribution in [1.29, 1.82) is 0 Å². The van der Waals surface area contributed by atoms with Gasteiger partial charge in [-0.3, -0.25) is 9.59 Å². The molecule has 1 rings (SSSR count). The Morgan fingerprint density at radius 1 is 1.04 bits per heavy atom. The van der Waals surface area contributed by atoms with Crippen LogP contribution in [0.15, 0.2) is 29.4 Å². The van der Waals surface area contributed by atoms with E-state index in [4.69, 9.17) is 4.74 Å². The van der Waals surface area contributed by atoms with Crippen molar-refractivity contribution >= 4 is 23.2 Å². The number of amides is 2. The minimum Gasteiger partial charge on any atom is -0.494 e. The van der Waals surface area contributed by atoms with Crippen LogP contribution >= 0.6 is 0 Å². The summed E-state index contributed by atoms with van der Waals surface area (Å²) in [6.45, 7) is 6.42. The number of nitrogens with zero attached hydrogens (tertiary/aromatic N) is 1. The van der Waals surface area contributed by atoms with Gasteiger partial charge < -0.3 is 10.1 Å². The molecule has 0 unspecified atom stereocenters. The first-order valence-electron chi connectivity index (χ1n) is 7.89. The molecule has 23 heavy (non-hydrogen) atoms. The second-order valence-corrected chi connectivity index (χ2v) is 5.14. The van der Waals surface area contributed by atoms with Gasteiger partial charge in [-0.1, -0.05) is 13.3 Å². The second kappa shape index (κ2) is 10.4. The van der Waals surface area contributed by atoms with Gasteiger partial charge in [0.2, 0.25) is 11.8 Å². The highest BCUT2D eigenvalue weighted by Gasteiger charge is 2.07. The van der Waals surface area contributed by atoms with Crippen molar-refractivity contribution in [1.82, 2.24) is 5.43 Å². The van der Waals surface area contributed by atoms with Gasteiger partial charge in [-0.15, -0.1) is 0 Å². The lowest BCUT2D eigenvalue weighted by Crippen LogP contribution is -2.21. The van der Waals surface area contributed by atoms with E-state index in [2.05, 4.69) is 15.8 Å². The van der Waals surface area contributed by atoms with Crippen LogP contribution in [0.2, 0.25) is 0 Å². The number of benzene rings is 1. The van der Waals surface area contributed by atoms with E-state index in [-0.39, 0.29) is 24.7 Å². The van der Waals surface area contributed by atoms with E-state index in [9.17, 15) is 9.59 Å². The van der Waals surface area contributed by atoms with Crippen molar-refractivity contribution in [3.63, 3.8) is 0 Å². The average molecular weight is 319 g/mol. The van der Waals surface area contributed by atoms with Crippen molar-refractivity contribution in [3.05, 3.63) is 24.3 Å². The molecule has 1 aromatic carbocycles. The number of hydrazone groups is 1. The molecule has 126 valence electrons. The molecular formula is C17H25N3O3. The Labute approximate surface area is 137 Å². The lowest BCUT2D eigenvalue weighted by molar-refractivity contribution is -0.124. The van der Waals surface area contributed by atoms with Gasteiger partial charge in [0.1, 0.15) is 5.75 Å². The van der Waals surface area contributed by atoms with Crippen molar-refractivity contribution < 1.29 is 14.3 Å². The third-order valence-electron chi connectivity index (χ3n) is 3.01. The standard InChI is InChI=1S/C17H25N3O3/c1-4-6-13(3)19-20-17(22)12-11-16(21)18-14-7-9-15(10-8-14)23-5-2/h7-10H,4-6,11-12H2,1-3H3,(H,18,21)(H,20,22)/b19-13+. The van der Waals surface area contributed by atoms with E-state index < -0.39 is 0 Å². The van der Waals surface area contributed by atoms with Gasteiger partial charge in [0, 0.05) is 24.2 Å². The van der Waals surface area contributed by atoms with Crippen LogP contribution in [0.1, 0.15) is 46.5 Å². The highest BCUT2D eigenvalue weighted by Crippen LogP contribution is 2.15. The molecule has 0 radical (unpaired) electrons. The lowest BCUT2D eigenvalue weighted by atomic mass is 10.2. The topological polar surface area (TPSA) is 79.8 Å². The maximum Gasteiger partial charge on any atom is 0.240 e. The Balaban J connectivity index is 2.33. The van der Waals surface area contributed by atoms with E-state index in [1.54, 1.807) is 24.3 Å². The molecule has 0 aliphatic carbocycles. The number of carbonyl (C=O) groups is 2. The Bertz CT molecular complexity index is 539. The number of anilines is 1. The van der Waals surface area contributed by atoms with Crippen LogP contribution in [0.25, 0.3) is 0 Å². The predicted molar refractivity (Wildman–Crippen MR) is 91.6 cm³/mol.